The molecule has 5 heteroatoms. The lowest BCUT2D eigenvalue weighted by molar-refractivity contribution is -0.272. The third-order valence-corrected chi connectivity index (χ3v) is 6.38. The molecule has 0 saturated carbocycles. The molecule has 5 unspecified atom stereocenters. The number of ether oxygens (including phenoxy) is 2. The first-order valence-corrected chi connectivity index (χ1v) is 12.9. The van der Waals surface area contributed by atoms with Gasteiger partial charge in [-0.3, -0.25) is 0 Å². The second-order valence-electron chi connectivity index (χ2n) is 9.27. The van der Waals surface area contributed by atoms with Crippen LogP contribution in [-0.4, -0.2) is 53.1 Å². The van der Waals surface area contributed by atoms with E-state index in [4.69, 9.17) is 9.47 Å². The third-order valence-electron chi connectivity index (χ3n) is 6.38. The molecule has 0 aliphatic carbocycles. The topological polar surface area (TPSA) is 79.2 Å². The molecule has 1 heterocycles. The van der Waals surface area contributed by atoms with Crippen LogP contribution in [0.2, 0.25) is 0 Å². The number of hydrogen-bond donors (Lipinski definition) is 3. The summed E-state index contributed by atoms with van der Waals surface area (Å²) in [7, 11) is 0. The van der Waals surface area contributed by atoms with E-state index in [9.17, 15) is 15.3 Å². The van der Waals surface area contributed by atoms with Crippen molar-refractivity contribution in [2.75, 3.05) is 13.2 Å². The predicted molar refractivity (Wildman–Crippen MR) is 122 cm³/mol. The van der Waals surface area contributed by atoms with Crippen molar-refractivity contribution in [3.63, 3.8) is 0 Å². The standard InChI is InChI=1S/C25H50O5/c1-3-5-7-9-11-12-14-16-18-21(17-15-13-10-8-6-4-2)19-29-25-24(28)23(27)22(26)20-30-25/h21-28H,3-20H2,1-2H3. The summed E-state index contributed by atoms with van der Waals surface area (Å²) in [5.74, 6) is 0.469. The Balaban J connectivity index is 2.29. The summed E-state index contributed by atoms with van der Waals surface area (Å²) in [6, 6.07) is 0. The highest BCUT2D eigenvalue weighted by Gasteiger charge is 2.38. The van der Waals surface area contributed by atoms with E-state index < -0.39 is 24.6 Å². The average molecular weight is 431 g/mol. The maximum absolute atomic E-state index is 10.1. The molecule has 1 aliphatic heterocycles. The van der Waals surface area contributed by atoms with Crippen molar-refractivity contribution in [3.8, 4) is 0 Å². The van der Waals surface area contributed by atoms with Gasteiger partial charge in [-0.1, -0.05) is 104 Å². The quantitative estimate of drug-likeness (QED) is 0.241. The van der Waals surface area contributed by atoms with Crippen LogP contribution in [0.1, 0.15) is 117 Å². The van der Waals surface area contributed by atoms with E-state index in [2.05, 4.69) is 13.8 Å². The zero-order chi connectivity index (χ0) is 22.0. The van der Waals surface area contributed by atoms with Crippen molar-refractivity contribution in [1.29, 1.82) is 0 Å². The second-order valence-corrected chi connectivity index (χ2v) is 9.27. The van der Waals surface area contributed by atoms with Crippen molar-refractivity contribution >= 4 is 0 Å². The van der Waals surface area contributed by atoms with Crippen LogP contribution in [0.4, 0.5) is 0 Å². The summed E-state index contributed by atoms with van der Waals surface area (Å²) in [4.78, 5) is 0. The molecule has 5 nitrogen and oxygen atoms in total. The largest absolute Gasteiger partial charge is 0.388 e. The highest BCUT2D eigenvalue weighted by atomic mass is 16.7. The van der Waals surface area contributed by atoms with Crippen molar-refractivity contribution < 1.29 is 24.8 Å². The molecule has 0 bridgehead atoms. The monoisotopic (exact) mass is 430 g/mol. The van der Waals surface area contributed by atoms with Gasteiger partial charge in [-0.25, -0.2) is 0 Å². The Morgan fingerprint density at radius 3 is 1.67 bits per heavy atom. The lowest BCUT2D eigenvalue weighted by atomic mass is 9.94. The van der Waals surface area contributed by atoms with E-state index in [1.165, 1.54) is 89.9 Å². The van der Waals surface area contributed by atoms with Gasteiger partial charge in [-0.15, -0.1) is 0 Å². The first-order valence-electron chi connectivity index (χ1n) is 12.9. The fourth-order valence-corrected chi connectivity index (χ4v) is 4.25. The molecule has 1 saturated heterocycles. The van der Waals surface area contributed by atoms with E-state index in [1.807, 2.05) is 0 Å². The van der Waals surface area contributed by atoms with E-state index in [-0.39, 0.29) is 6.61 Å². The van der Waals surface area contributed by atoms with Crippen molar-refractivity contribution in [1.82, 2.24) is 0 Å². The normalized spacial score (nSPS) is 25.5. The van der Waals surface area contributed by atoms with Gasteiger partial charge in [-0.05, 0) is 18.8 Å². The maximum Gasteiger partial charge on any atom is 0.186 e. The van der Waals surface area contributed by atoms with Crippen LogP contribution < -0.4 is 0 Å². The van der Waals surface area contributed by atoms with Crippen LogP contribution in [0.15, 0.2) is 0 Å². The lowest BCUT2D eigenvalue weighted by Gasteiger charge is -2.35. The molecule has 1 aliphatic rings. The molecular weight excluding hydrogens is 380 g/mol. The molecule has 1 fully saturated rings. The van der Waals surface area contributed by atoms with Crippen LogP contribution >= 0.6 is 0 Å². The summed E-state index contributed by atoms with van der Waals surface area (Å²) >= 11 is 0. The summed E-state index contributed by atoms with van der Waals surface area (Å²) in [6.45, 7) is 5.06. The molecule has 30 heavy (non-hydrogen) atoms. The minimum absolute atomic E-state index is 0.00300. The van der Waals surface area contributed by atoms with Gasteiger partial charge in [0.25, 0.3) is 0 Å². The molecule has 5 atom stereocenters. The molecule has 0 spiro atoms. The molecule has 0 radical (unpaired) electrons. The summed E-state index contributed by atoms with van der Waals surface area (Å²) in [5.41, 5.74) is 0. The van der Waals surface area contributed by atoms with Gasteiger partial charge in [0.2, 0.25) is 0 Å². The minimum Gasteiger partial charge on any atom is -0.388 e. The Labute approximate surface area is 185 Å². The number of unbranched alkanes of at least 4 members (excludes halogenated alkanes) is 12. The maximum atomic E-state index is 10.1. The third kappa shape index (κ3) is 12.6. The van der Waals surface area contributed by atoms with Crippen LogP contribution in [0.25, 0.3) is 0 Å². The van der Waals surface area contributed by atoms with Crippen molar-refractivity contribution in [2.24, 2.45) is 5.92 Å². The minimum atomic E-state index is -1.20. The van der Waals surface area contributed by atoms with Crippen LogP contribution in [0, 0.1) is 5.92 Å². The Hall–Kier alpha value is -0.200. The molecule has 0 aromatic rings. The molecule has 0 aromatic carbocycles. The molecule has 180 valence electrons. The predicted octanol–water partition coefficient (Wildman–Crippen LogP) is 5.34. The number of aliphatic hydroxyl groups is 3. The number of rotatable bonds is 19. The van der Waals surface area contributed by atoms with E-state index in [1.54, 1.807) is 0 Å². The first kappa shape index (κ1) is 27.8. The van der Waals surface area contributed by atoms with E-state index in [0.29, 0.717) is 12.5 Å². The Morgan fingerprint density at radius 2 is 1.17 bits per heavy atom. The van der Waals surface area contributed by atoms with Crippen LogP contribution in [-0.2, 0) is 9.47 Å². The first-order chi connectivity index (χ1) is 14.6. The van der Waals surface area contributed by atoms with Gasteiger partial charge in [0.05, 0.1) is 13.2 Å². The Morgan fingerprint density at radius 1 is 0.700 bits per heavy atom. The fraction of sp³-hybridized carbons (Fsp3) is 1.00. The summed E-state index contributed by atoms with van der Waals surface area (Å²) < 4.78 is 11.3. The fourth-order valence-electron chi connectivity index (χ4n) is 4.25. The number of hydrogen-bond acceptors (Lipinski definition) is 5. The summed E-state index contributed by atoms with van der Waals surface area (Å²) in [6.07, 6.45) is 16.4. The van der Waals surface area contributed by atoms with E-state index in [0.717, 1.165) is 12.8 Å². The van der Waals surface area contributed by atoms with Crippen molar-refractivity contribution in [3.05, 3.63) is 0 Å². The zero-order valence-electron chi connectivity index (χ0n) is 19.8. The van der Waals surface area contributed by atoms with Gasteiger partial charge in [0.1, 0.15) is 18.3 Å². The van der Waals surface area contributed by atoms with Gasteiger partial charge < -0.3 is 24.8 Å². The molecule has 0 amide bonds. The SMILES string of the molecule is CCCCCCCCCCC(CCCCCCCC)COC1OCC(O)C(O)C1O. The average Bonchev–Trinajstić information content (AvgIpc) is 2.75. The van der Waals surface area contributed by atoms with Crippen molar-refractivity contribution in [2.45, 2.75) is 141 Å². The molecule has 1 rings (SSSR count). The van der Waals surface area contributed by atoms with Gasteiger partial charge >= 0.3 is 0 Å². The highest BCUT2D eigenvalue weighted by Crippen LogP contribution is 2.23. The Bertz CT molecular complexity index is 379. The molecule has 3 N–H and O–H groups in total. The molecule has 0 aromatic heterocycles. The lowest BCUT2D eigenvalue weighted by Crippen LogP contribution is -2.53. The van der Waals surface area contributed by atoms with Crippen LogP contribution in [0.3, 0.4) is 0 Å². The van der Waals surface area contributed by atoms with E-state index >= 15 is 0 Å². The smallest absolute Gasteiger partial charge is 0.186 e. The van der Waals surface area contributed by atoms with Crippen LogP contribution in [0.5, 0.6) is 0 Å². The molecular formula is C25H50O5. The second kappa shape index (κ2) is 18.4. The summed E-state index contributed by atoms with van der Waals surface area (Å²) in [5, 5.41) is 29.5. The zero-order valence-corrected chi connectivity index (χ0v) is 19.8. The Kier molecular flexibility index (Phi) is 17.1. The van der Waals surface area contributed by atoms with Gasteiger partial charge in [-0.2, -0.15) is 0 Å². The van der Waals surface area contributed by atoms with Gasteiger partial charge in [0.15, 0.2) is 6.29 Å². The number of aliphatic hydroxyl groups excluding tert-OH is 3. The van der Waals surface area contributed by atoms with Gasteiger partial charge in [0, 0.05) is 0 Å². The highest BCUT2D eigenvalue weighted by molar-refractivity contribution is 4.82.